The molecule has 2 rings (SSSR count). The molecule has 0 amide bonds. The van der Waals surface area contributed by atoms with Crippen molar-refractivity contribution in [3.8, 4) is 0 Å². The molecule has 1 aromatic carbocycles. The van der Waals surface area contributed by atoms with E-state index in [4.69, 9.17) is 4.74 Å². The van der Waals surface area contributed by atoms with Crippen LogP contribution in [0, 0.1) is 11.6 Å². The Hall–Kier alpha value is -2.54. The van der Waals surface area contributed by atoms with Crippen LogP contribution in [0.2, 0.25) is 0 Å². The molecule has 0 spiro atoms. The van der Waals surface area contributed by atoms with E-state index in [2.05, 4.69) is 10.3 Å². The van der Waals surface area contributed by atoms with Crippen molar-refractivity contribution in [1.82, 2.24) is 4.98 Å². The zero-order valence-electron chi connectivity index (χ0n) is 12.4. The van der Waals surface area contributed by atoms with E-state index in [0.717, 1.165) is 12.1 Å². The average Bonchev–Trinajstić information content (AvgIpc) is 2.56. The van der Waals surface area contributed by atoms with Crippen LogP contribution in [0.25, 0.3) is 0 Å². The van der Waals surface area contributed by atoms with Crippen molar-refractivity contribution in [3.63, 3.8) is 0 Å². The van der Waals surface area contributed by atoms with Crippen LogP contribution in [0.5, 0.6) is 0 Å². The number of carbonyl (C=O) groups excluding carboxylic acids is 1. The largest absolute Gasteiger partial charge is 0.462 e. The average molecular weight is 322 g/mol. The van der Waals surface area contributed by atoms with Crippen molar-refractivity contribution in [2.75, 3.05) is 18.5 Å². The Morgan fingerprint density at radius 2 is 2.09 bits per heavy atom. The van der Waals surface area contributed by atoms with Gasteiger partial charge in [0.15, 0.2) is 11.6 Å². The molecule has 0 bridgehead atoms. The summed E-state index contributed by atoms with van der Waals surface area (Å²) in [5.41, 5.74) is 0.568. The van der Waals surface area contributed by atoms with E-state index in [9.17, 15) is 18.7 Å². The standard InChI is InChI=1S/C16H16F2N2O3/c1-2-23-16(22)11-4-6-15(19-8-11)20-9-14(21)10-3-5-12(17)13(18)7-10/h3-8,14,21H,2,9H2,1H3,(H,19,20). The van der Waals surface area contributed by atoms with Crippen LogP contribution in [-0.4, -0.2) is 29.2 Å². The molecule has 7 heteroatoms. The molecule has 0 saturated carbocycles. The summed E-state index contributed by atoms with van der Waals surface area (Å²) in [4.78, 5) is 15.5. The lowest BCUT2D eigenvalue weighted by Crippen LogP contribution is -2.13. The Morgan fingerprint density at radius 3 is 2.70 bits per heavy atom. The van der Waals surface area contributed by atoms with Gasteiger partial charge in [-0.1, -0.05) is 6.07 Å². The molecular weight excluding hydrogens is 306 g/mol. The molecule has 2 aromatic rings. The third kappa shape index (κ3) is 4.46. The summed E-state index contributed by atoms with van der Waals surface area (Å²) >= 11 is 0. The summed E-state index contributed by atoms with van der Waals surface area (Å²) in [5.74, 6) is -2.02. The fraction of sp³-hybridized carbons (Fsp3) is 0.250. The van der Waals surface area contributed by atoms with E-state index in [-0.39, 0.29) is 18.7 Å². The number of aromatic nitrogens is 1. The fourth-order valence-electron chi connectivity index (χ4n) is 1.87. The molecule has 0 aliphatic carbocycles. The lowest BCUT2D eigenvalue weighted by Gasteiger charge is -2.13. The number of aliphatic hydroxyl groups is 1. The number of anilines is 1. The summed E-state index contributed by atoms with van der Waals surface area (Å²) < 4.78 is 30.8. The van der Waals surface area contributed by atoms with Gasteiger partial charge >= 0.3 is 5.97 Å². The Morgan fingerprint density at radius 1 is 1.30 bits per heavy atom. The maximum Gasteiger partial charge on any atom is 0.339 e. The number of rotatable bonds is 6. The predicted molar refractivity (Wildman–Crippen MR) is 80.0 cm³/mol. The Labute approximate surface area is 131 Å². The van der Waals surface area contributed by atoms with Gasteiger partial charge in [-0.05, 0) is 36.8 Å². The van der Waals surface area contributed by atoms with Gasteiger partial charge in [0.25, 0.3) is 0 Å². The van der Waals surface area contributed by atoms with E-state index in [1.54, 1.807) is 13.0 Å². The highest BCUT2D eigenvalue weighted by molar-refractivity contribution is 5.89. The number of ether oxygens (including phenoxy) is 1. The molecular formula is C16H16F2N2O3. The minimum Gasteiger partial charge on any atom is -0.462 e. The minimum absolute atomic E-state index is 0.0524. The molecule has 0 aliphatic heterocycles. The summed E-state index contributed by atoms with van der Waals surface area (Å²) in [6.07, 6.45) is 0.321. The molecule has 0 saturated heterocycles. The van der Waals surface area contributed by atoms with Gasteiger partial charge < -0.3 is 15.2 Å². The quantitative estimate of drug-likeness (QED) is 0.800. The zero-order chi connectivity index (χ0) is 16.8. The van der Waals surface area contributed by atoms with Crippen LogP contribution < -0.4 is 5.32 Å². The summed E-state index contributed by atoms with van der Waals surface area (Å²) in [7, 11) is 0. The molecule has 0 radical (unpaired) electrons. The SMILES string of the molecule is CCOC(=O)c1ccc(NCC(O)c2ccc(F)c(F)c2)nc1. The number of nitrogens with one attached hydrogen (secondary N) is 1. The first-order valence-electron chi connectivity index (χ1n) is 7.01. The second-order valence-electron chi connectivity index (χ2n) is 4.72. The molecule has 1 heterocycles. The van der Waals surface area contributed by atoms with Crippen molar-refractivity contribution < 1.29 is 23.4 Å². The second-order valence-corrected chi connectivity index (χ2v) is 4.72. The van der Waals surface area contributed by atoms with Gasteiger partial charge in [-0.3, -0.25) is 0 Å². The van der Waals surface area contributed by atoms with Gasteiger partial charge in [0.05, 0.1) is 18.3 Å². The molecule has 122 valence electrons. The number of aliphatic hydroxyl groups excluding tert-OH is 1. The Kier molecular flexibility index (Phi) is 5.59. The third-order valence-corrected chi connectivity index (χ3v) is 3.08. The highest BCUT2D eigenvalue weighted by atomic mass is 19.2. The van der Waals surface area contributed by atoms with Crippen LogP contribution in [0.3, 0.4) is 0 Å². The maximum atomic E-state index is 13.1. The zero-order valence-corrected chi connectivity index (χ0v) is 12.4. The highest BCUT2D eigenvalue weighted by Crippen LogP contribution is 2.17. The van der Waals surface area contributed by atoms with Crippen LogP contribution in [0.4, 0.5) is 14.6 Å². The number of carbonyl (C=O) groups is 1. The fourth-order valence-corrected chi connectivity index (χ4v) is 1.87. The molecule has 0 aliphatic rings. The number of halogens is 2. The first kappa shape index (κ1) is 16.8. The van der Waals surface area contributed by atoms with Crippen molar-refractivity contribution in [2.45, 2.75) is 13.0 Å². The van der Waals surface area contributed by atoms with E-state index in [0.29, 0.717) is 11.4 Å². The number of hydrogen-bond donors (Lipinski definition) is 2. The summed E-state index contributed by atoms with van der Waals surface area (Å²) in [6, 6.07) is 6.31. The van der Waals surface area contributed by atoms with Crippen molar-refractivity contribution >= 4 is 11.8 Å². The van der Waals surface area contributed by atoms with Crippen molar-refractivity contribution in [1.29, 1.82) is 0 Å². The topological polar surface area (TPSA) is 71.5 Å². The summed E-state index contributed by atoms with van der Waals surface area (Å²) in [5, 5.41) is 12.8. The Bertz CT molecular complexity index is 678. The molecule has 23 heavy (non-hydrogen) atoms. The first-order valence-corrected chi connectivity index (χ1v) is 7.01. The first-order chi connectivity index (χ1) is 11.0. The number of nitrogens with zero attached hydrogens (tertiary/aromatic N) is 1. The molecule has 1 unspecified atom stereocenters. The molecule has 1 atom stereocenters. The Balaban J connectivity index is 1.94. The van der Waals surface area contributed by atoms with Gasteiger partial charge in [-0.2, -0.15) is 0 Å². The van der Waals surface area contributed by atoms with Crippen molar-refractivity contribution in [3.05, 3.63) is 59.3 Å². The molecule has 1 aromatic heterocycles. The summed E-state index contributed by atoms with van der Waals surface area (Å²) in [6.45, 7) is 2.04. The number of pyridine rings is 1. The number of benzene rings is 1. The van der Waals surface area contributed by atoms with Gasteiger partial charge in [0.2, 0.25) is 0 Å². The van der Waals surface area contributed by atoms with Crippen LogP contribution in [-0.2, 0) is 4.74 Å². The highest BCUT2D eigenvalue weighted by Gasteiger charge is 2.11. The number of esters is 1. The van der Waals surface area contributed by atoms with Gasteiger partial charge in [-0.25, -0.2) is 18.6 Å². The van der Waals surface area contributed by atoms with Crippen LogP contribution >= 0.6 is 0 Å². The monoisotopic (exact) mass is 322 g/mol. The third-order valence-electron chi connectivity index (χ3n) is 3.08. The second kappa shape index (κ2) is 7.64. The molecule has 5 nitrogen and oxygen atoms in total. The lowest BCUT2D eigenvalue weighted by molar-refractivity contribution is 0.0526. The van der Waals surface area contributed by atoms with Crippen molar-refractivity contribution in [2.24, 2.45) is 0 Å². The van der Waals surface area contributed by atoms with E-state index >= 15 is 0 Å². The normalized spacial score (nSPS) is 11.8. The number of hydrogen-bond acceptors (Lipinski definition) is 5. The predicted octanol–water partition coefficient (Wildman–Crippen LogP) is 2.68. The van der Waals surface area contributed by atoms with Gasteiger partial charge in [0.1, 0.15) is 5.82 Å². The molecule has 0 fully saturated rings. The van der Waals surface area contributed by atoms with E-state index in [1.165, 1.54) is 18.3 Å². The maximum absolute atomic E-state index is 13.1. The van der Waals surface area contributed by atoms with Crippen LogP contribution in [0.1, 0.15) is 28.9 Å². The van der Waals surface area contributed by atoms with E-state index < -0.39 is 23.7 Å². The van der Waals surface area contributed by atoms with Crippen LogP contribution in [0.15, 0.2) is 36.5 Å². The van der Waals surface area contributed by atoms with E-state index in [1.807, 2.05) is 0 Å². The minimum atomic E-state index is -1.03. The van der Waals surface area contributed by atoms with Gasteiger partial charge in [0, 0.05) is 12.7 Å². The van der Waals surface area contributed by atoms with Gasteiger partial charge in [-0.15, -0.1) is 0 Å². The smallest absolute Gasteiger partial charge is 0.339 e. The molecule has 2 N–H and O–H groups in total. The lowest BCUT2D eigenvalue weighted by atomic mass is 10.1.